The fraction of sp³-hybridized carbons (Fsp3) is 0.250. The number of carboxylic acids is 1. The highest BCUT2D eigenvalue weighted by molar-refractivity contribution is 6.03. The lowest BCUT2D eigenvalue weighted by Gasteiger charge is -2.20. The highest BCUT2D eigenvalue weighted by Crippen LogP contribution is 2.20. The van der Waals surface area contributed by atoms with Crippen molar-refractivity contribution in [2.24, 2.45) is 5.92 Å². The van der Waals surface area contributed by atoms with Crippen molar-refractivity contribution in [3.8, 4) is 5.75 Å². The van der Waals surface area contributed by atoms with Gasteiger partial charge in [-0.05, 0) is 43.3 Å². The Hall–Kier alpha value is -3.15. The molecule has 0 fully saturated rings. The zero-order valence-electron chi connectivity index (χ0n) is 14.8. The Balaban J connectivity index is 2.10. The first-order valence-corrected chi connectivity index (χ1v) is 8.06. The molecular formula is C20H20O6. The van der Waals surface area contributed by atoms with E-state index in [1.807, 2.05) is 0 Å². The smallest absolute Gasteiger partial charge is 0.339 e. The number of methoxy groups -OCH3 is 1. The van der Waals surface area contributed by atoms with Gasteiger partial charge in [-0.25, -0.2) is 9.59 Å². The highest BCUT2D eigenvalue weighted by atomic mass is 16.5. The molecule has 2 aromatic carbocycles. The van der Waals surface area contributed by atoms with Crippen molar-refractivity contribution in [3.63, 3.8) is 0 Å². The molecule has 6 heteroatoms. The summed E-state index contributed by atoms with van der Waals surface area (Å²) in [5.41, 5.74) is 0.293. The lowest BCUT2D eigenvalue weighted by atomic mass is 9.95. The van der Waals surface area contributed by atoms with E-state index in [0.717, 1.165) is 0 Å². The predicted octanol–water partition coefficient (Wildman–Crippen LogP) is 3.46. The maximum atomic E-state index is 12.6. The Labute approximate surface area is 151 Å². The summed E-state index contributed by atoms with van der Waals surface area (Å²) in [6.07, 6.45) is -0.723. The van der Waals surface area contributed by atoms with Crippen molar-refractivity contribution in [2.75, 3.05) is 7.11 Å². The molecular weight excluding hydrogens is 336 g/mol. The molecule has 0 aromatic heterocycles. The van der Waals surface area contributed by atoms with Gasteiger partial charge >= 0.3 is 11.9 Å². The molecule has 0 spiro atoms. The number of carbonyl (C=O) groups excluding carboxylic acids is 2. The summed E-state index contributed by atoms with van der Waals surface area (Å²) in [5.74, 6) is -2.12. The molecule has 1 N–H and O–H groups in total. The van der Waals surface area contributed by atoms with Gasteiger partial charge in [0.05, 0.1) is 24.2 Å². The minimum absolute atomic E-state index is 0.0454. The van der Waals surface area contributed by atoms with Crippen LogP contribution >= 0.6 is 0 Å². The van der Waals surface area contributed by atoms with Crippen LogP contribution in [0.15, 0.2) is 48.5 Å². The van der Waals surface area contributed by atoms with E-state index in [1.54, 1.807) is 44.2 Å². The minimum Gasteiger partial charge on any atom is -0.497 e. The molecule has 136 valence electrons. The molecule has 26 heavy (non-hydrogen) atoms. The Morgan fingerprint density at radius 3 is 2.04 bits per heavy atom. The van der Waals surface area contributed by atoms with Gasteiger partial charge in [-0.1, -0.05) is 19.1 Å². The second-order valence-corrected chi connectivity index (χ2v) is 5.84. The molecule has 0 aliphatic heterocycles. The van der Waals surface area contributed by atoms with E-state index in [9.17, 15) is 14.4 Å². The van der Waals surface area contributed by atoms with Crippen molar-refractivity contribution in [1.29, 1.82) is 0 Å². The highest BCUT2D eigenvalue weighted by Gasteiger charge is 2.26. The molecule has 0 saturated carbocycles. The Morgan fingerprint density at radius 2 is 1.50 bits per heavy atom. The van der Waals surface area contributed by atoms with Crippen LogP contribution in [0.2, 0.25) is 0 Å². The second kappa shape index (κ2) is 8.29. The maximum absolute atomic E-state index is 12.6. The summed E-state index contributed by atoms with van der Waals surface area (Å²) >= 11 is 0. The van der Waals surface area contributed by atoms with Crippen LogP contribution in [0.25, 0.3) is 0 Å². The fourth-order valence-corrected chi connectivity index (χ4v) is 2.41. The molecule has 6 nitrogen and oxygen atoms in total. The Bertz CT molecular complexity index is 809. The largest absolute Gasteiger partial charge is 0.497 e. The van der Waals surface area contributed by atoms with Gasteiger partial charge in [0.2, 0.25) is 0 Å². The van der Waals surface area contributed by atoms with Crippen molar-refractivity contribution >= 4 is 17.7 Å². The van der Waals surface area contributed by atoms with Crippen LogP contribution in [0.3, 0.4) is 0 Å². The molecule has 0 bridgehead atoms. The number of hydrogen-bond acceptors (Lipinski definition) is 5. The van der Waals surface area contributed by atoms with E-state index in [2.05, 4.69) is 0 Å². The summed E-state index contributed by atoms with van der Waals surface area (Å²) in [7, 11) is 1.54. The van der Waals surface area contributed by atoms with Gasteiger partial charge in [-0.3, -0.25) is 4.79 Å². The second-order valence-electron chi connectivity index (χ2n) is 5.84. The van der Waals surface area contributed by atoms with E-state index in [1.165, 1.54) is 25.3 Å². The number of rotatable bonds is 7. The first kappa shape index (κ1) is 19.2. The van der Waals surface area contributed by atoms with E-state index < -0.39 is 24.0 Å². The molecule has 0 amide bonds. The molecule has 0 radical (unpaired) electrons. The molecule has 2 atom stereocenters. The van der Waals surface area contributed by atoms with Crippen molar-refractivity contribution in [2.45, 2.75) is 20.0 Å². The number of aromatic carboxylic acids is 1. The van der Waals surface area contributed by atoms with E-state index in [4.69, 9.17) is 14.6 Å². The van der Waals surface area contributed by atoms with Gasteiger partial charge in [0, 0.05) is 5.56 Å². The lowest BCUT2D eigenvalue weighted by Crippen LogP contribution is -2.29. The third-order valence-corrected chi connectivity index (χ3v) is 4.16. The van der Waals surface area contributed by atoms with Crippen molar-refractivity contribution < 1.29 is 29.0 Å². The predicted molar refractivity (Wildman–Crippen MR) is 94.8 cm³/mol. The molecule has 2 aromatic rings. The van der Waals surface area contributed by atoms with Crippen LogP contribution in [-0.2, 0) is 4.74 Å². The zero-order valence-corrected chi connectivity index (χ0v) is 14.8. The van der Waals surface area contributed by atoms with Crippen LogP contribution in [0.4, 0.5) is 0 Å². The van der Waals surface area contributed by atoms with Gasteiger partial charge < -0.3 is 14.6 Å². The monoisotopic (exact) mass is 356 g/mol. The van der Waals surface area contributed by atoms with Crippen molar-refractivity contribution in [1.82, 2.24) is 0 Å². The van der Waals surface area contributed by atoms with Crippen LogP contribution in [-0.4, -0.2) is 36.0 Å². The minimum atomic E-state index is -1.22. The number of carbonyl (C=O) groups is 3. The van der Waals surface area contributed by atoms with E-state index in [-0.39, 0.29) is 16.9 Å². The van der Waals surface area contributed by atoms with Crippen LogP contribution in [0.1, 0.15) is 44.9 Å². The molecule has 0 aliphatic carbocycles. The normalized spacial score (nSPS) is 12.7. The quantitative estimate of drug-likeness (QED) is 0.604. The van der Waals surface area contributed by atoms with Gasteiger partial charge in [0.15, 0.2) is 5.78 Å². The number of Topliss-reactive ketones (excluding diaryl/α,β-unsaturated/α-hetero) is 1. The molecule has 0 aliphatic rings. The summed E-state index contributed by atoms with van der Waals surface area (Å²) in [6.45, 7) is 3.26. The number of ether oxygens (including phenoxy) is 2. The van der Waals surface area contributed by atoms with Crippen LogP contribution < -0.4 is 4.74 Å². The third-order valence-electron chi connectivity index (χ3n) is 4.16. The summed E-state index contributed by atoms with van der Waals surface area (Å²) in [6, 6.07) is 12.4. The summed E-state index contributed by atoms with van der Waals surface area (Å²) < 4.78 is 10.4. The fourth-order valence-electron chi connectivity index (χ4n) is 2.41. The van der Waals surface area contributed by atoms with Crippen LogP contribution in [0, 0.1) is 5.92 Å². The number of esters is 1. The standard InChI is InChI=1S/C20H20O6/c1-12(18(21)14-8-10-15(25-3)11-9-14)13(2)26-20(24)17-7-5-4-6-16(17)19(22)23/h4-13H,1-3H3,(H,22,23)/t12-,13-/m0/s1. The zero-order chi connectivity index (χ0) is 19.3. The van der Waals surface area contributed by atoms with Crippen molar-refractivity contribution in [3.05, 3.63) is 65.2 Å². The van der Waals surface area contributed by atoms with Crippen LogP contribution in [0.5, 0.6) is 5.75 Å². The third kappa shape index (κ3) is 4.27. The van der Waals surface area contributed by atoms with Gasteiger partial charge in [-0.15, -0.1) is 0 Å². The number of benzene rings is 2. The number of hydrogen-bond donors (Lipinski definition) is 1. The average molecular weight is 356 g/mol. The summed E-state index contributed by atoms with van der Waals surface area (Å²) in [5, 5.41) is 9.17. The summed E-state index contributed by atoms with van der Waals surface area (Å²) in [4.78, 5) is 36.1. The molecule has 0 saturated heterocycles. The first-order valence-electron chi connectivity index (χ1n) is 8.06. The first-order chi connectivity index (χ1) is 12.3. The number of carboxylic acid groups (broad SMARTS) is 1. The Morgan fingerprint density at radius 1 is 0.923 bits per heavy atom. The lowest BCUT2D eigenvalue weighted by molar-refractivity contribution is 0.0219. The SMILES string of the molecule is COc1ccc(C(=O)[C@@H](C)[C@H](C)OC(=O)c2ccccc2C(=O)O)cc1. The molecule has 0 unspecified atom stereocenters. The van der Waals surface area contributed by atoms with Gasteiger partial charge in [0.1, 0.15) is 11.9 Å². The number of ketones is 1. The van der Waals surface area contributed by atoms with E-state index in [0.29, 0.717) is 11.3 Å². The molecule has 0 heterocycles. The van der Waals surface area contributed by atoms with E-state index >= 15 is 0 Å². The Kier molecular flexibility index (Phi) is 6.11. The van der Waals surface area contributed by atoms with Gasteiger partial charge in [-0.2, -0.15) is 0 Å². The molecule has 2 rings (SSSR count). The maximum Gasteiger partial charge on any atom is 0.339 e. The van der Waals surface area contributed by atoms with Gasteiger partial charge in [0.25, 0.3) is 0 Å². The average Bonchev–Trinajstić information content (AvgIpc) is 2.66. The topological polar surface area (TPSA) is 89.9 Å².